The highest BCUT2D eigenvalue weighted by atomic mass is 32.1. The summed E-state index contributed by atoms with van der Waals surface area (Å²) in [7, 11) is 1.61. The van der Waals surface area contributed by atoms with E-state index in [-0.39, 0.29) is 11.0 Å². The molecule has 1 heterocycles. The fraction of sp³-hybridized carbons (Fsp3) is 0.0741. The Hall–Kier alpha value is -4.23. The lowest BCUT2D eigenvalue weighted by atomic mass is 10.0. The molecule has 4 aromatic carbocycles. The first kappa shape index (κ1) is 21.6. The van der Waals surface area contributed by atoms with E-state index in [1.165, 1.54) is 0 Å². The lowest BCUT2D eigenvalue weighted by molar-refractivity contribution is 0.0979. The molecule has 0 bridgehead atoms. The molecule has 0 aliphatic carbocycles. The highest BCUT2D eigenvalue weighted by Crippen LogP contribution is 2.29. The number of fused-ring (bicyclic) bond motifs is 2. The Morgan fingerprint density at radius 2 is 1.82 bits per heavy atom. The highest BCUT2D eigenvalue weighted by Gasteiger charge is 2.14. The van der Waals surface area contributed by atoms with Crippen molar-refractivity contribution >= 4 is 50.8 Å². The summed E-state index contributed by atoms with van der Waals surface area (Å²) in [5.41, 5.74) is 4.44. The molecule has 0 radical (unpaired) electrons. The Kier molecular flexibility index (Phi) is 5.69. The minimum atomic E-state index is -0.268. The molecule has 34 heavy (non-hydrogen) atoms. The summed E-state index contributed by atoms with van der Waals surface area (Å²) in [6, 6.07) is 24.6. The second kappa shape index (κ2) is 8.96. The van der Waals surface area contributed by atoms with Crippen LogP contribution in [-0.2, 0) is 0 Å². The van der Waals surface area contributed by atoms with E-state index in [0.717, 1.165) is 27.6 Å². The molecule has 5 rings (SSSR count). The van der Waals surface area contributed by atoms with Gasteiger partial charge in [0.25, 0.3) is 5.91 Å². The lowest BCUT2D eigenvalue weighted by Crippen LogP contribution is -2.34. The van der Waals surface area contributed by atoms with E-state index in [0.29, 0.717) is 28.3 Å². The van der Waals surface area contributed by atoms with Gasteiger partial charge in [-0.25, -0.2) is 4.98 Å². The average molecular weight is 468 g/mol. The average Bonchev–Trinajstić information content (AvgIpc) is 3.28. The molecule has 0 spiro atoms. The number of benzene rings is 4. The summed E-state index contributed by atoms with van der Waals surface area (Å²) < 4.78 is 11.2. The predicted molar refractivity (Wildman–Crippen MR) is 138 cm³/mol. The van der Waals surface area contributed by atoms with E-state index >= 15 is 0 Å². The molecular formula is C27H21N3O3S. The van der Waals surface area contributed by atoms with E-state index < -0.39 is 0 Å². The zero-order valence-corrected chi connectivity index (χ0v) is 19.4. The van der Waals surface area contributed by atoms with Crippen molar-refractivity contribution in [3.05, 3.63) is 90.0 Å². The van der Waals surface area contributed by atoms with Gasteiger partial charge in [0.05, 0.1) is 7.11 Å². The molecular weight excluding hydrogens is 446 g/mol. The molecule has 1 amide bonds. The van der Waals surface area contributed by atoms with Crippen molar-refractivity contribution in [1.82, 2.24) is 10.3 Å². The summed E-state index contributed by atoms with van der Waals surface area (Å²) in [6.45, 7) is 1.96. The molecule has 5 aromatic rings. The standard InChI is InChI=1S/C27H21N3O3S/c1-16-10-11-18(26-28-23-15-19(32-2)12-13-24(23)33-26)14-22(16)29-27(34)30-25(31)21-9-5-7-17-6-3-4-8-20(17)21/h3-15H,1-2H3,(H2,29,30,31,34). The summed E-state index contributed by atoms with van der Waals surface area (Å²) in [5.74, 6) is 0.930. The van der Waals surface area contributed by atoms with Gasteiger partial charge in [-0.15, -0.1) is 0 Å². The van der Waals surface area contributed by atoms with Crippen molar-refractivity contribution in [2.45, 2.75) is 6.92 Å². The van der Waals surface area contributed by atoms with Gasteiger partial charge in [-0.2, -0.15) is 0 Å². The maximum Gasteiger partial charge on any atom is 0.258 e. The van der Waals surface area contributed by atoms with Crippen LogP contribution in [0.3, 0.4) is 0 Å². The second-order valence-electron chi connectivity index (χ2n) is 7.82. The van der Waals surface area contributed by atoms with Crippen LogP contribution in [0.2, 0.25) is 0 Å². The van der Waals surface area contributed by atoms with Gasteiger partial charge in [0, 0.05) is 22.9 Å². The number of anilines is 1. The molecule has 0 unspecified atom stereocenters. The Morgan fingerprint density at radius 3 is 2.68 bits per heavy atom. The van der Waals surface area contributed by atoms with Crippen molar-refractivity contribution in [2.75, 3.05) is 12.4 Å². The SMILES string of the molecule is COc1ccc2oc(-c3ccc(C)c(NC(=S)NC(=O)c4cccc5ccccc45)c3)nc2c1. The summed E-state index contributed by atoms with van der Waals surface area (Å²) in [5, 5.41) is 7.99. The number of hydrogen-bond donors (Lipinski definition) is 2. The van der Waals surface area contributed by atoms with E-state index in [2.05, 4.69) is 15.6 Å². The van der Waals surface area contributed by atoms with Crippen LogP contribution in [0.15, 0.2) is 83.3 Å². The van der Waals surface area contributed by atoms with Crippen LogP contribution in [-0.4, -0.2) is 23.1 Å². The van der Waals surface area contributed by atoms with Gasteiger partial charge in [0.15, 0.2) is 10.7 Å². The van der Waals surface area contributed by atoms with Gasteiger partial charge >= 0.3 is 0 Å². The van der Waals surface area contributed by atoms with Crippen LogP contribution in [0.1, 0.15) is 15.9 Å². The Balaban J connectivity index is 1.37. The van der Waals surface area contributed by atoms with Gasteiger partial charge in [0.2, 0.25) is 5.89 Å². The second-order valence-corrected chi connectivity index (χ2v) is 8.23. The van der Waals surface area contributed by atoms with Crippen LogP contribution < -0.4 is 15.4 Å². The third kappa shape index (κ3) is 4.21. The van der Waals surface area contributed by atoms with E-state index in [4.69, 9.17) is 21.4 Å². The lowest BCUT2D eigenvalue weighted by Gasteiger charge is -2.13. The molecule has 7 heteroatoms. The fourth-order valence-electron chi connectivity index (χ4n) is 3.79. The van der Waals surface area contributed by atoms with E-state index in [1.807, 2.05) is 79.7 Å². The van der Waals surface area contributed by atoms with Crippen molar-refractivity contribution < 1.29 is 13.9 Å². The number of amides is 1. The number of nitrogens with one attached hydrogen (secondary N) is 2. The topological polar surface area (TPSA) is 76.4 Å². The third-order valence-electron chi connectivity index (χ3n) is 5.59. The zero-order valence-electron chi connectivity index (χ0n) is 18.6. The molecule has 0 fully saturated rings. The Bertz CT molecular complexity index is 1550. The minimum absolute atomic E-state index is 0.209. The number of carbonyl (C=O) groups excluding carboxylic acids is 1. The third-order valence-corrected chi connectivity index (χ3v) is 5.79. The van der Waals surface area contributed by atoms with Crippen molar-refractivity contribution in [2.24, 2.45) is 0 Å². The smallest absolute Gasteiger partial charge is 0.258 e. The number of thiocarbonyl (C=S) groups is 1. The summed E-state index contributed by atoms with van der Waals surface area (Å²) in [6.07, 6.45) is 0. The number of aryl methyl sites for hydroxylation is 1. The Morgan fingerprint density at radius 1 is 1.00 bits per heavy atom. The maximum absolute atomic E-state index is 12.9. The molecule has 1 aromatic heterocycles. The van der Waals surface area contributed by atoms with Gasteiger partial charge in [-0.05, 0) is 65.8 Å². The highest BCUT2D eigenvalue weighted by molar-refractivity contribution is 7.80. The van der Waals surface area contributed by atoms with Gasteiger partial charge in [-0.1, -0.05) is 42.5 Å². The van der Waals surface area contributed by atoms with Crippen molar-refractivity contribution in [3.8, 4) is 17.2 Å². The van der Waals surface area contributed by atoms with Crippen molar-refractivity contribution in [3.63, 3.8) is 0 Å². The van der Waals surface area contributed by atoms with Gasteiger partial charge in [-0.3, -0.25) is 10.1 Å². The molecule has 0 saturated heterocycles. The van der Waals surface area contributed by atoms with E-state index in [9.17, 15) is 4.79 Å². The molecule has 0 aliphatic heterocycles. The number of hydrogen-bond acceptors (Lipinski definition) is 5. The van der Waals surface area contributed by atoms with Crippen LogP contribution >= 0.6 is 12.2 Å². The first-order valence-electron chi connectivity index (χ1n) is 10.7. The fourth-order valence-corrected chi connectivity index (χ4v) is 4.00. The predicted octanol–water partition coefficient (Wildman–Crippen LogP) is 6.09. The summed E-state index contributed by atoms with van der Waals surface area (Å²) >= 11 is 5.44. The molecule has 0 saturated carbocycles. The van der Waals surface area contributed by atoms with Crippen molar-refractivity contribution in [1.29, 1.82) is 0 Å². The number of oxazole rings is 1. The quantitative estimate of drug-likeness (QED) is 0.312. The normalized spacial score (nSPS) is 10.9. The molecule has 0 atom stereocenters. The minimum Gasteiger partial charge on any atom is -0.497 e. The first-order valence-corrected chi connectivity index (χ1v) is 11.1. The maximum atomic E-state index is 12.9. The largest absolute Gasteiger partial charge is 0.497 e. The molecule has 168 valence electrons. The van der Waals surface area contributed by atoms with Gasteiger partial charge in [0.1, 0.15) is 11.3 Å². The van der Waals surface area contributed by atoms with E-state index in [1.54, 1.807) is 13.2 Å². The monoisotopic (exact) mass is 467 g/mol. The van der Waals surface area contributed by atoms with Gasteiger partial charge < -0.3 is 14.5 Å². The van der Waals surface area contributed by atoms with Crippen LogP contribution in [0, 0.1) is 6.92 Å². The number of aromatic nitrogens is 1. The summed E-state index contributed by atoms with van der Waals surface area (Å²) in [4.78, 5) is 17.5. The number of rotatable bonds is 4. The number of methoxy groups -OCH3 is 1. The zero-order chi connectivity index (χ0) is 23.7. The van der Waals surface area contributed by atoms with Crippen LogP contribution in [0.4, 0.5) is 5.69 Å². The number of nitrogens with zero attached hydrogens (tertiary/aromatic N) is 1. The first-order chi connectivity index (χ1) is 16.5. The molecule has 2 N–H and O–H groups in total. The molecule has 0 aliphatic rings. The number of ether oxygens (including phenoxy) is 1. The van der Waals surface area contributed by atoms with Crippen LogP contribution in [0.5, 0.6) is 5.75 Å². The number of carbonyl (C=O) groups is 1. The molecule has 6 nitrogen and oxygen atoms in total. The Labute approximate surface area is 201 Å². The van der Waals surface area contributed by atoms with Crippen LogP contribution in [0.25, 0.3) is 33.3 Å².